The first-order chi connectivity index (χ1) is 18.8. The van der Waals surface area contributed by atoms with Crippen LogP contribution >= 0.6 is 11.3 Å². The van der Waals surface area contributed by atoms with E-state index in [9.17, 15) is 37.5 Å². The monoisotopic (exact) mass is 590 g/mol. The fraction of sp³-hybridized carbons (Fsp3) is 0.375. The minimum atomic E-state index is -5.08. The van der Waals surface area contributed by atoms with Crippen LogP contribution in [0.3, 0.4) is 0 Å². The number of benzene rings is 1. The third-order valence-corrected chi connectivity index (χ3v) is 6.13. The van der Waals surface area contributed by atoms with Gasteiger partial charge in [-0.15, -0.1) is 11.3 Å². The van der Waals surface area contributed by atoms with E-state index in [-0.39, 0.29) is 18.1 Å². The van der Waals surface area contributed by atoms with E-state index in [1.54, 1.807) is 25.1 Å². The molecule has 0 spiro atoms. The van der Waals surface area contributed by atoms with Gasteiger partial charge in [0.05, 0.1) is 18.0 Å². The normalized spacial score (nSPS) is 13.0. The number of para-hydroxylation sites is 2. The van der Waals surface area contributed by atoms with Crippen molar-refractivity contribution < 1.29 is 61.6 Å². The van der Waals surface area contributed by atoms with Crippen LogP contribution in [0.5, 0.6) is 11.5 Å². The van der Waals surface area contributed by atoms with Crippen molar-refractivity contribution in [2.24, 2.45) is 0 Å². The number of carboxylic acids is 2. The van der Waals surface area contributed by atoms with E-state index in [1.807, 2.05) is 0 Å². The SMILES string of the molecule is CCOC(=O)COc1ccccc1OC(C(=O)O)C(=O)CNC(=O)c1cc2c(s1)CCNC2.O=C(O)C(F)(F)F. The maximum atomic E-state index is 12.5. The fourth-order valence-electron chi connectivity index (χ4n) is 3.10. The summed E-state index contributed by atoms with van der Waals surface area (Å²) in [6, 6.07) is 7.81. The fourth-order valence-corrected chi connectivity index (χ4v) is 4.20. The van der Waals surface area contributed by atoms with Crippen LogP contribution in [0.4, 0.5) is 13.2 Å². The average molecular weight is 591 g/mol. The smallest absolute Gasteiger partial charge is 0.478 e. The number of carboxylic acid groups (broad SMARTS) is 2. The molecule has 0 saturated heterocycles. The summed E-state index contributed by atoms with van der Waals surface area (Å²) in [4.78, 5) is 58.7. The lowest BCUT2D eigenvalue weighted by Crippen LogP contribution is -2.42. The van der Waals surface area contributed by atoms with Crippen molar-refractivity contribution in [1.29, 1.82) is 0 Å². The standard InChI is InChI=1S/C22H24N2O8S.C2HF3O2/c1-2-30-19(26)12-31-15-5-3-4-6-16(15)32-20(22(28)29)14(25)11-24-21(27)18-9-13-10-23-8-7-17(13)33-18;3-2(4,5)1(6)7/h3-6,9,20,23H,2,7-8,10-12H2,1H3,(H,24,27)(H,28,29);(H,6,7). The number of hydrogen-bond acceptors (Lipinski definition) is 10. The highest BCUT2D eigenvalue weighted by Crippen LogP contribution is 2.28. The second kappa shape index (κ2) is 14.8. The molecule has 0 radical (unpaired) electrons. The van der Waals surface area contributed by atoms with Crippen molar-refractivity contribution >= 4 is 40.9 Å². The van der Waals surface area contributed by atoms with Crippen molar-refractivity contribution in [3.8, 4) is 11.5 Å². The van der Waals surface area contributed by atoms with Crippen molar-refractivity contribution in [1.82, 2.24) is 10.6 Å². The summed E-state index contributed by atoms with van der Waals surface area (Å²) in [7, 11) is 0. The summed E-state index contributed by atoms with van der Waals surface area (Å²) < 4.78 is 47.2. The number of carbonyl (C=O) groups excluding carboxylic acids is 3. The molecule has 2 heterocycles. The van der Waals surface area contributed by atoms with Gasteiger partial charge in [-0.1, -0.05) is 12.1 Å². The Bertz CT molecular complexity index is 1210. The van der Waals surface area contributed by atoms with Gasteiger partial charge in [0.25, 0.3) is 12.0 Å². The van der Waals surface area contributed by atoms with E-state index in [0.717, 1.165) is 23.4 Å². The number of thiophene rings is 1. The van der Waals surface area contributed by atoms with Crippen LogP contribution < -0.4 is 20.1 Å². The van der Waals surface area contributed by atoms with Gasteiger partial charge in [-0.2, -0.15) is 13.2 Å². The van der Waals surface area contributed by atoms with E-state index in [2.05, 4.69) is 10.6 Å². The first-order valence-corrected chi connectivity index (χ1v) is 12.3. The van der Waals surface area contributed by atoms with Gasteiger partial charge in [0, 0.05) is 18.0 Å². The molecule has 1 atom stereocenters. The lowest BCUT2D eigenvalue weighted by atomic mass is 10.1. The van der Waals surface area contributed by atoms with Gasteiger partial charge in [-0.05, 0) is 37.1 Å². The molecule has 12 nitrogen and oxygen atoms in total. The lowest BCUT2D eigenvalue weighted by Gasteiger charge is -2.17. The summed E-state index contributed by atoms with van der Waals surface area (Å²) in [6.45, 7) is 2.44. The van der Waals surface area contributed by atoms with Crippen LogP contribution in [-0.2, 0) is 36.9 Å². The highest BCUT2D eigenvalue weighted by molar-refractivity contribution is 7.14. The molecule has 0 aliphatic carbocycles. The molecule has 0 saturated carbocycles. The summed E-state index contributed by atoms with van der Waals surface area (Å²) in [5, 5.41) is 22.3. The van der Waals surface area contributed by atoms with E-state index >= 15 is 0 Å². The molecule has 3 rings (SSSR count). The molecule has 1 aromatic carbocycles. The zero-order chi connectivity index (χ0) is 29.9. The molecule has 218 valence electrons. The van der Waals surface area contributed by atoms with Crippen LogP contribution in [0.1, 0.15) is 27.0 Å². The van der Waals surface area contributed by atoms with Crippen LogP contribution in [0.15, 0.2) is 30.3 Å². The third kappa shape index (κ3) is 9.85. The number of aliphatic carboxylic acids is 2. The van der Waals surface area contributed by atoms with E-state index in [1.165, 1.54) is 23.5 Å². The summed E-state index contributed by atoms with van der Waals surface area (Å²) in [5.74, 6) is -6.14. The molecule has 0 bridgehead atoms. The Morgan fingerprint density at radius 2 is 1.77 bits per heavy atom. The Hall–Kier alpha value is -4.18. The molecular formula is C24H25F3N2O10S. The number of alkyl halides is 3. The minimum absolute atomic E-state index is 0.0349. The zero-order valence-electron chi connectivity index (χ0n) is 20.9. The molecule has 1 amide bonds. The van der Waals surface area contributed by atoms with Crippen LogP contribution in [-0.4, -0.2) is 78.4 Å². The largest absolute Gasteiger partial charge is 0.490 e. The topological polar surface area (TPSA) is 178 Å². The molecule has 0 fully saturated rings. The van der Waals surface area contributed by atoms with Gasteiger partial charge in [0.2, 0.25) is 5.78 Å². The number of Topliss-reactive ketones (excluding diaryl/α,β-unsaturated/α-hetero) is 1. The Kier molecular flexibility index (Phi) is 11.9. The molecule has 2 aromatic rings. The number of ether oxygens (including phenoxy) is 3. The number of nitrogens with one attached hydrogen (secondary N) is 2. The number of ketones is 1. The summed E-state index contributed by atoms with van der Waals surface area (Å²) in [5.41, 5.74) is 1.05. The Morgan fingerprint density at radius 1 is 1.12 bits per heavy atom. The van der Waals surface area contributed by atoms with Gasteiger partial charge in [-0.3, -0.25) is 9.59 Å². The molecule has 40 heavy (non-hydrogen) atoms. The quantitative estimate of drug-likeness (QED) is 0.222. The Morgan fingerprint density at radius 3 is 2.35 bits per heavy atom. The summed E-state index contributed by atoms with van der Waals surface area (Å²) in [6.07, 6.45) is -6.13. The first kappa shape index (κ1) is 32.0. The molecular weight excluding hydrogens is 565 g/mol. The Balaban J connectivity index is 0.000000708. The number of rotatable bonds is 11. The number of carbonyl (C=O) groups is 5. The Labute approximate surface area is 229 Å². The lowest BCUT2D eigenvalue weighted by molar-refractivity contribution is -0.192. The van der Waals surface area contributed by atoms with Gasteiger partial charge < -0.3 is 35.1 Å². The molecule has 16 heteroatoms. The van der Waals surface area contributed by atoms with Gasteiger partial charge in [-0.25, -0.2) is 14.4 Å². The third-order valence-electron chi connectivity index (χ3n) is 4.89. The average Bonchev–Trinajstić information content (AvgIpc) is 3.34. The van der Waals surface area contributed by atoms with Gasteiger partial charge in [0.15, 0.2) is 18.1 Å². The number of fused-ring (bicyclic) bond motifs is 1. The van der Waals surface area contributed by atoms with Gasteiger partial charge in [0.1, 0.15) is 0 Å². The predicted octanol–water partition coefficient (Wildman–Crippen LogP) is 1.80. The number of esters is 1. The molecule has 1 aromatic heterocycles. The molecule has 1 aliphatic heterocycles. The molecule has 4 N–H and O–H groups in total. The highest BCUT2D eigenvalue weighted by Gasteiger charge is 2.38. The number of amides is 1. The second-order valence-electron chi connectivity index (χ2n) is 7.81. The highest BCUT2D eigenvalue weighted by atomic mass is 32.1. The number of halogens is 3. The predicted molar refractivity (Wildman–Crippen MR) is 131 cm³/mol. The second-order valence-corrected chi connectivity index (χ2v) is 8.95. The van der Waals surface area contributed by atoms with Crippen LogP contribution in [0.25, 0.3) is 0 Å². The maximum absolute atomic E-state index is 12.5. The van der Waals surface area contributed by atoms with Gasteiger partial charge >= 0.3 is 24.1 Å². The summed E-state index contributed by atoms with van der Waals surface area (Å²) >= 11 is 1.36. The van der Waals surface area contributed by atoms with E-state index in [4.69, 9.17) is 24.1 Å². The van der Waals surface area contributed by atoms with E-state index in [0.29, 0.717) is 11.4 Å². The van der Waals surface area contributed by atoms with Crippen molar-refractivity contribution in [3.05, 3.63) is 45.6 Å². The molecule has 1 aliphatic rings. The molecule has 1 unspecified atom stereocenters. The van der Waals surface area contributed by atoms with Crippen LogP contribution in [0, 0.1) is 0 Å². The maximum Gasteiger partial charge on any atom is 0.490 e. The van der Waals surface area contributed by atoms with Crippen LogP contribution in [0.2, 0.25) is 0 Å². The van der Waals surface area contributed by atoms with Crippen molar-refractivity contribution in [2.75, 3.05) is 26.3 Å². The van der Waals surface area contributed by atoms with Crippen molar-refractivity contribution in [3.63, 3.8) is 0 Å². The van der Waals surface area contributed by atoms with E-state index < -0.39 is 55.0 Å². The number of hydrogen-bond donors (Lipinski definition) is 4. The minimum Gasteiger partial charge on any atom is -0.478 e. The first-order valence-electron chi connectivity index (χ1n) is 11.5. The van der Waals surface area contributed by atoms with Crippen molar-refractivity contribution in [2.45, 2.75) is 32.2 Å². The zero-order valence-corrected chi connectivity index (χ0v) is 21.7.